The number of carboxylic acids is 1. The van der Waals surface area contributed by atoms with Gasteiger partial charge in [0.05, 0.1) is 31.4 Å². The Morgan fingerprint density at radius 2 is 1.24 bits per heavy atom. The molecule has 6 amide bonds. The van der Waals surface area contributed by atoms with Crippen molar-refractivity contribution >= 4 is 47.4 Å². The molecule has 0 bridgehead atoms. The summed E-state index contributed by atoms with van der Waals surface area (Å²) in [4.78, 5) is 108. The Kier molecular flexibility index (Phi) is 20.9. The minimum Gasteiger partial charge on any atom is -0.480 e. The maximum atomic E-state index is 13.6. The van der Waals surface area contributed by atoms with E-state index in [0.717, 1.165) is 0 Å². The zero-order valence-electron chi connectivity index (χ0n) is 32.8. The molecule has 2 heterocycles. The minimum atomic E-state index is -1.68. The number of nitrogens with zero attached hydrogens (tertiary/aromatic N) is 3. The second-order valence-electron chi connectivity index (χ2n) is 13.6. The molecule has 2 aromatic rings. The first-order valence-electron chi connectivity index (χ1n) is 18.8. The maximum absolute atomic E-state index is 13.6. The van der Waals surface area contributed by atoms with E-state index < -0.39 is 96.4 Å². The first-order chi connectivity index (χ1) is 28.0. The molecule has 0 spiro atoms. The van der Waals surface area contributed by atoms with Crippen molar-refractivity contribution in [2.75, 3.05) is 19.7 Å². The third-order valence-corrected chi connectivity index (χ3v) is 8.71. The molecule has 0 aromatic carbocycles. The van der Waals surface area contributed by atoms with Gasteiger partial charge in [-0.1, -0.05) is 0 Å². The van der Waals surface area contributed by atoms with Crippen LogP contribution in [-0.4, -0.2) is 151 Å². The van der Waals surface area contributed by atoms with Crippen LogP contribution in [0.3, 0.4) is 0 Å². The number of guanidine groups is 1. The average Bonchev–Trinajstić information content (AvgIpc) is 3.90. The van der Waals surface area contributed by atoms with E-state index in [4.69, 9.17) is 22.9 Å². The number of carbonyl (C=O) groups excluding carboxylic acids is 6. The van der Waals surface area contributed by atoms with Crippen molar-refractivity contribution in [3.8, 4) is 0 Å². The molecule has 0 fully saturated rings. The van der Waals surface area contributed by atoms with E-state index in [9.17, 15) is 48.9 Å². The Hall–Kier alpha value is -6.18. The van der Waals surface area contributed by atoms with Crippen LogP contribution < -0.4 is 54.8 Å². The highest BCUT2D eigenvalue weighted by atomic mass is 16.4. The van der Waals surface area contributed by atoms with Gasteiger partial charge in [0.2, 0.25) is 35.4 Å². The molecule has 19 N–H and O–H groups in total. The number of aliphatic carboxylic acids is 1. The molecule has 0 unspecified atom stereocenters. The van der Waals surface area contributed by atoms with E-state index in [-0.39, 0.29) is 51.2 Å². The first-order valence-corrected chi connectivity index (χ1v) is 18.8. The molecule has 25 nitrogen and oxygen atoms in total. The molecule has 0 saturated carbocycles. The van der Waals surface area contributed by atoms with Crippen LogP contribution in [0, 0.1) is 0 Å². The van der Waals surface area contributed by atoms with Crippen LogP contribution in [0.5, 0.6) is 0 Å². The number of aromatic nitrogens is 4. The predicted molar refractivity (Wildman–Crippen MR) is 209 cm³/mol. The summed E-state index contributed by atoms with van der Waals surface area (Å²) >= 11 is 0. The van der Waals surface area contributed by atoms with Crippen LogP contribution >= 0.6 is 0 Å². The lowest BCUT2D eigenvalue weighted by molar-refractivity contribution is -0.142. The van der Waals surface area contributed by atoms with E-state index in [1.54, 1.807) is 0 Å². The van der Waals surface area contributed by atoms with Crippen LogP contribution in [0.2, 0.25) is 0 Å². The van der Waals surface area contributed by atoms with Crippen molar-refractivity contribution in [3.63, 3.8) is 0 Å². The number of unbranched alkanes of at least 4 members (excludes halogenated alkanes) is 1. The van der Waals surface area contributed by atoms with Gasteiger partial charge in [-0.05, 0) is 52.5 Å². The number of rotatable bonds is 27. The molecule has 328 valence electrons. The zero-order chi connectivity index (χ0) is 44.1. The van der Waals surface area contributed by atoms with Crippen molar-refractivity contribution in [2.24, 2.45) is 27.9 Å². The van der Waals surface area contributed by atoms with Gasteiger partial charge in [-0.3, -0.25) is 33.8 Å². The van der Waals surface area contributed by atoms with Crippen molar-refractivity contribution in [3.05, 3.63) is 36.4 Å². The van der Waals surface area contributed by atoms with Gasteiger partial charge in [0.25, 0.3) is 0 Å². The fraction of sp³-hybridized carbons (Fsp3) is 0.588. The Labute approximate surface area is 339 Å². The lowest BCUT2D eigenvalue weighted by Gasteiger charge is -2.28. The number of nitrogens with two attached hydrogens (primary N) is 4. The molecule has 8 atom stereocenters. The fourth-order valence-electron chi connectivity index (χ4n) is 5.42. The number of nitrogens with one attached hydrogen (secondary N) is 8. The molecule has 25 heteroatoms. The molecule has 0 radical (unpaired) electrons. The van der Waals surface area contributed by atoms with E-state index in [1.165, 1.54) is 38.9 Å². The molecule has 2 rings (SSSR count). The van der Waals surface area contributed by atoms with Crippen LogP contribution in [0.15, 0.2) is 30.0 Å². The fourth-order valence-corrected chi connectivity index (χ4v) is 5.42. The topological polar surface area (TPSA) is 426 Å². The van der Waals surface area contributed by atoms with E-state index in [1.807, 2.05) is 0 Å². The number of hydrogen-bond donors (Lipinski definition) is 15. The quantitative estimate of drug-likeness (QED) is 0.0226. The summed E-state index contributed by atoms with van der Waals surface area (Å²) in [6, 6.07) is -9.72. The third-order valence-electron chi connectivity index (χ3n) is 8.71. The second kappa shape index (κ2) is 25.2. The largest absolute Gasteiger partial charge is 0.480 e. The second-order valence-corrected chi connectivity index (χ2v) is 13.6. The van der Waals surface area contributed by atoms with E-state index >= 15 is 0 Å². The van der Waals surface area contributed by atoms with Gasteiger partial charge in [-0.15, -0.1) is 0 Å². The van der Waals surface area contributed by atoms with Crippen LogP contribution in [-0.2, 0) is 46.4 Å². The van der Waals surface area contributed by atoms with Crippen LogP contribution in [0.1, 0.15) is 57.3 Å². The van der Waals surface area contributed by atoms with Crippen LogP contribution in [0.25, 0.3) is 0 Å². The summed E-state index contributed by atoms with van der Waals surface area (Å²) in [7, 11) is 0. The monoisotopic (exact) mass is 835 g/mol. The highest BCUT2D eigenvalue weighted by Crippen LogP contribution is 2.08. The molecule has 0 saturated heterocycles. The minimum absolute atomic E-state index is 0.00978. The van der Waals surface area contributed by atoms with Crippen molar-refractivity contribution in [2.45, 2.75) is 107 Å². The molecular weight excluding hydrogens is 778 g/mol. The molecule has 2 aromatic heterocycles. The van der Waals surface area contributed by atoms with Gasteiger partial charge in [0, 0.05) is 43.2 Å². The Morgan fingerprint density at radius 1 is 0.712 bits per heavy atom. The zero-order valence-corrected chi connectivity index (χ0v) is 32.8. The summed E-state index contributed by atoms with van der Waals surface area (Å²) in [6.45, 7) is 1.96. The molecule has 0 aliphatic carbocycles. The number of hydrogen-bond acceptors (Lipinski definition) is 14. The van der Waals surface area contributed by atoms with Gasteiger partial charge < -0.3 is 80.1 Å². The van der Waals surface area contributed by atoms with Crippen LogP contribution in [0.4, 0.5) is 0 Å². The summed E-state index contributed by atoms with van der Waals surface area (Å²) in [5, 5.41) is 44.6. The summed E-state index contributed by atoms with van der Waals surface area (Å²) in [6.07, 6.45) is 4.78. The number of carboxylic acid groups (broad SMARTS) is 1. The Morgan fingerprint density at radius 3 is 1.76 bits per heavy atom. The highest BCUT2D eigenvalue weighted by molar-refractivity contribution is 5.97. The Balaban J connectivity index is 2.16. The number of amides is 6. The number of aromatic amines is 2. The number of aliphatic hydroxyl groups is 2. The van der Waals surface area contributed by atoms with E-state index in [0.29, 0.717) is 24.2 Å². The number of imidazole rings is 2. The van der Waals surface area contributed by atoms with Gasteiger partial charge in [0.15, 0.2) is 5.96 Å². The SMILES string of the molecule is C[C@H](NC(=O)[C@H](CO)NC(=O)[C@@H](N)Cc1cnc[nH]1)C(=O)N[C@@H](CCCCN)C(=O)N[C@H](C(=O)N[C@@H](CCCN=C(N)N)C(=O)N[C@@H](Cc1cnc[nH]1)C(=O)O)[C@@H](C)O. The maximum Gasteiger partial charge on any atom is 0.326 e. The summed E-state index contributed by atoms with van der Waals surface area (Å²) in [5.74, 6) is -6.97. The Bertz CT molecular complexity index is 1690. The third kappa shape index (κ3) is 17.5. The number of carbonyl (C=O) groups is 7. The lowest BCUT2D eigenvalue weighted by Crippen LogP contribution is -2.61. The van der Waals surface area contributed by atoms with E-state index in [2.05, 4.69) is 56.8 Å². The van der Waals surface area contributed by atoms with Gasteiger partial charge in [0.1, 0.15) is 36.3 Å². The van der Waals surface area contributed by atoms with Crippen molar-refractivity contribution < 1.29 is 48.9 Å². The number of aliphatic hydroxyl groups excluding tert-OH is 2. The van der Waals surface area contributed by atoms with Gasteiger partial charge >= 0.3 is 5.97 Å². The number of aliphatic imine (C=N–C) groups is 1. The smallest absolute Gasteiger partial charge is 0.326 e. The van der Waals surface area contributed by atoms with Gasteiger partial charge in [-0.2, -0.15) is 0 Å². The number of H-pyrrole nitrogens is 2. The van der Waals surface area contributed by atoms with Crippen molar-refractivity contribution in [1.29, 1.82) is 0 Å². The highest BCUT2D eigenvalue weighted by Gasteiger charge is 2.34. The predicted octanol–water partition coefficient (Wildman–Crippen LogP) is -6.19. The molecule has 0 aliphatic heterocycles. The first kappa shape index (κ1) is 49.0. The molecule has 59 heavy (non-hydrogen) atoms. The molecule has 0 aliphatic rings. The summed E-state index contributed by atoms with van der Waals surface area (Å²) < 4.78 is 0. The summed E-state index contributed by atoms with van der Waals surface area (Å²) in [5.41, 5.74) is 23.3. The lowest BCUT2D eigenvalue weighted by atomic mass is 10.0. The standard InChI is InChI=1S/C34H57N15O10/c1-17(44-31(56)25(14-50)48-28(53)21(36)10-19-12-39-15-42-19)27(52)45-22(6-3-4-8-35)30(55)49-26(18(2)51)32(57)46-23(7-5-9-41-34(37)38)29(54)47-24(33(58)59)11-20-13-40-16-43-20/h12-13,15-18,21-26,50-51H,3-11,14,35-36H2,1-2H3,(H,39,42)(H,40,43)(H,44,56)(H,45,52)(H,46,57)(H,47,54)(H,48,53)(H,49,55)(H,58,59)(H4,37,38,41)/t17-,18+,21-,22-,23-,24-,25-,26-/m0/s1. The van der Waals surface area contributed by atoms with Gasteiger partial charge in [-0.25, -0.2) is 14.8 Å². The molecular formula is C34H57N15O10. The van der Waals surface area contributed by atoms with Crippen molar-refractivity contribution in [1.82, 2.24) is 51.8 Å². The normalized spacial score (nSPS) is 15.1. The average molecular weight is 836 g/mol.